The molecule has 13 heavy (non-hydrogen) atoms. The molecule has 0 atom stereocenters. The minimum Gasteiger partial charge on any atom is -0.381 e. The molecule has 2 heterocycles. The van der Waals surface area contributed by atoms with Crippen molar-refractivity contribution in [2.45, 2.75) is 25.8 Å². The van der Waals surface area contributed by atoms with Crippen LogP contribution in [0.25, 0.3) is 0 Å². The topological polar surface area (TPSA) is 47.0 Å². The minimum atomic E-state index is 0.515. The maximum Gasteiger partial charge on any atom is 0.202 e. The van der Waals surface area contributed by atoms with Crippen LogP contribution >= 0.6 is 11.5 Å². The third-order valence-corrected chi connectivity index (χ3v) is 2.81. The van der Waals surface area contributed by atoms with E-state index in [0.29, 0.717) is 6.04 Å². The molecule has 1 aromatic heterocycles. The van der Waals surface area contributed by atoms with Crippen LogP contribution in [-0.2, 0) is 4.74 Å². The summed E-state index contributed by atoms with van der Waals surface area (Å²) >= 11 is 1.43. The van der Waals surface area contributed by atoms with Crippen molar-refractivity contribution in [3.05, 3.63) is 5.82 Å². The lowest BCUT2D eigenvalue weighted by molar-refractivity contribution is 0.0904. The molecule has 1 fully saturated rings. The van der Waals surface area contributed by atoms with Crippen molar-refractivity contribution in [2.24, 2.45) is 0 Å². The maximum atomic E-state index is 5.27. The van der Waals surface area contributed by atoms with Gasteiger partial charge in [0.25, 0.3) is 0 Å². The Hall–Kier alpha value is -0.680. The molecular weight excluding hydrogens is 186 g/mol. The highest BCUT2D eigenvalue weighted by Gasteiger charge is 2.14. The predicted octanol–water partition coefficient (Wildman–Crippen LogP) is 1.44. The summed E-state index contributed by atoms with van der Waals surface area (Å²) in [6.07, 6.45) is 2.14. The molecule has 2 rings (SSSR count). The fourth-order valence-corrected chi connectivity index (χ4v) is 2.02. The Balaban J connectivity index is 1.89. The molecule has 4 nitrogen and oxygen atoms in total. The van der Waals surface area contributed by atoms with Gasteiger partial charge in [-0.1, -0.05) is 0 Å². The quantitative estimate of drug-likeness (QED) is 0.783. The van der Waals surface area contributed by atoms with Crippen molar-refractivity contribution in [1.29, 1.82) is 0 Å². The molecule has 1 aromatic rings. The Morgan fingerprint density at radius 3 is 2.85 bits per heavy atom. The fraction of sp³-hybridized carbons (Fsp3) is 0.750. The van der Waals surface area contributed by atoms with E-state index in [9.17, 15) is 0 Å². The van der Waals surface area contributed by atoms with Gasteiger partial charge in [0, 0.05) is 30.8 Å². The molecule has 72 valence electrons. The SMILES string of the molecule is Cc1nsc(NC2CCOCC2)n1. The van der Waals surface area contributed by atoms with Gasteiger partial charge in [0.15, 0.2) is 0 Å². The van der Waals surface area contributed by atoms with E-state index in [0.717, 1.165) is 37.0 Å². The van der Waals surface area contributed by atoms with E-state index in [1.807, 2.05) is 6.92 Å². The second-order valence-electron chi connectivity index (χ2n) is 3.18. The molecule has 0 amide bonds. The number of aryl methyl sites for hydroxylation is 1. The van der Waals surface area contributed by atoms with Crippen LogP contribution in [-0.4, -0.2) is 28.6 Å². The molecule has 1 N–H and O–H groups in total. The summed E-state index contributed by atoms with van der Waals surface area (Å²) in [4.78, 5) is 4.26. The number of anilines is 1. The molecule has 0 aliphatic carbocycles. The molecular formula is C8H13N3OS. The van der Waals surface area contributed by atoms with Crippen LogP contribution in [0.1, 0.15) is 18.7 Å². The standard InChI is InChI=1S/C8H13N3OS/c1-6-9-8(13-11-6)10-7-2-4-12-5-3-7/h7H,2-5H2,1H3,(H,9,10,11). The summed E-state index contributed by atoms with van der Waals surface area (Å²) in [6, 6.07) is 0.515. The van der Waals surface area contributed by atoms with Gasteiger partial charge in [-0.2, -0.15) is 4.37 Å². The molecule has 1 saturated heterocycles. The Bertz CT molecular complexity index is 270. The first-order valence-corrected chi connectivity index (χ1v) is 5.26. The molecule has 0 radical (unpaired) electrons. The summed E-state index contributed by atoms with van der Waals surface area (Å²) in [7, 11) is 0. The number of ether oxygens (including phenoxy) is 1. The van der Waals surface area contributed by atoms with Crippen LogP contribution in [0.3, 0.4) is 0 Å². The van der Waals surface area contributed by atoms with Crippen LogP contribution in [0.5, 0.6) is 0 Å². The molecule has 0 unspecified atom stereocenters. The minimum absolute atomic E-state index is 0.515. The molecule has 0 spiro atoms. The average molecular weight is 199 g/mol. The third kappa shape index (κ3) is 2.38. The number of hydrogen-bond acceptors (Lipinski definition) is 5. The number of rotatable bonds is 2. The van der Waals surface area contributed by atoms with Gasteiger partial charge in [-0.15, -0.1) is 0 Å². The Labute approximate surface area is 81.5 Å². The highest BCUT2D eigenvalue weighted by molar-refractivity contribution is 7.09. The first kappa shape index (κ1) is 8.90. The van der Waals surface area contributed by atoms with Gasteiger partial charge in [0.1, 0.15) is 5.82 Å². The smallest absolute Gasteiger partial charge is 0.202 e. The zero-order chi connectivity index (χ0) is 9.10. The van der Waals surface area contributed by atoms with E-state index >= 15 is 0 Å². The summed E-state index contributed by atoms with van der Waals surface area (Å²) in [6.45, 7) is 3.62. The lowest BCUT2D eigenvalue weighted by atomic mass is 10.1. The summed E-state index contributed by atoms with van der Waals surface area (Å²) in [5.74, 6) is 0.847. The summed E-state index contributed by atoms with van der Waals surface area (Å²) < 4.78 is 9.39. The Kier molecular flexibility index (Phi) is 2.75. The van der Waals surface area contributed by atoms with Crippen molar-refractivity contribution in [3.63, 3.8) is 0 Å². The largest absolute Gasteiger partial charge is 0.381 e. The van der Waals surface area contributed by atoms with Crippen LogP contribution in [0.2, 0.25) is 0 Å². The van der Waals surface area contributed by atoms with Gasteiger partial charge >= 0.3 is 0 Å². The number of nitrogens with zero attached hydrogens (tertiary/aromatic N) is 2. The number of hydrogen-bond donors (Lipinski definition) is 1. The Morgan fingerprint density at radius 2 is 2.23 bits per heavy atom. The first-order chi connectivity index (χ1) is 6.34. The lowest BCUT2D eigenvalue weighted by Gasteiger charge is -2.22. The second-order valence-corrected chi connectivity index (χ2v) is 3.93. The maximum absolute atomic E-state index is 5.27. The summed E-state index contributed by atoms with van der Waals surface area (Å²) in [5, 5.41) is 4.30. The van der Waals surface area contributed by atoms with Crippen LogP contribution in [0, 0.1) is 6.92 Å². The normalized spacial score (nSPS) is 18.8. The molecule has 0 saturated carbocycles. The van der Waals surface area contributed by atoms with Crippen molar-refractivity contribution < 1.29 is 4.74 Å². The molecule has 1 aliphatic rings. The van der Waals surface area contributed by atoms with Crippen LogP contribution in [0.4, 0.5) is 5.13 Å². The zero-order valence-corrected chi connectivity index (χ0v) is 8.43. The Morgan fingerprint density at radius 1 is 1.46 bits per heavy atom. The zero-order valence-electron chi connectivity index (χ0n) is 7.62. The lowest BCUT2D eigenvalue weighted by Crippen LogP contribution is -2.27. The van der Waals surface area contributed by atoms with E-state index in [1.54, 1.807) is 0 Å². The first-order valence-electron chi connectivity index (χ1n) is 4.49. The third-order valence-electron chi connectivity index (χ3n) is 2.08. The average Bonchev–Trinajstić information content (AvgIpc) is 2.53. The van der Waals surface area contributed by atoms with Crippen molar-refractivity contribution in [2.75, 3.05) is 18.5 Å². The highest BCUT2D eigenvalue weighted by atomic mass is 32.1. The molecule has 1 aliphatic heterocycles. The summed E-state index contributed by atoms with van der Waals surface area (Å²) in [5.41, 5.74) is 0. The monoisotopic (exact) mass is 199 g/mol. The van der Waals surface area contributed by atoms with Crippen LogP contribution < -0.4 is 5.32 Å². The van der Waals surface area contributed by atoms with Crippen molar-refractivity contribution in [3.8, 4) is 0 Å². The van der Waals surface area contributed by atoms with Gasteiger partial charge in [0.05, 0.1) is 0 Å². The van der Waals surface area contributed by atoms with E-state index in [1.165, 1.54) is 11.5 Å². The number of aromatic nitrogens is 2. The fourth-order valence-electron chi connectivity index (χ4n) is 1.37. The van der Waals surface area contributed by atoms with Gasteiger partial charge in [0.2, 0.25) is 5.13 Å². The van der Waals surface area contributed by atoms with Gasteiger partial charge in [-0.3, -0.25) is 0 Å². The van der Waals surface area contributed by atoms with Crippen LogP contribution in [0.15, 0.2) is 0 Å². The highest BCUT2D eigenvalue weighted by Crippen LogP contribution is 2.16. The van der Waals surface area contributed by atoms with Gasteiger partial charge in [-0.25, -0.2) is 4.98 Å². The van der Waals surface area contributed by atoms with Gasteiger partial charge in [-0.05, 0) is 19.8 Å². The number of nitrogens with one attached hydrogen (secondary N) is 1. The van der Waals surface area contributed by atoms with E-state index < -0.39 is 0 Å². The van der Waals surface area contributed by atoms with E-state index in [-0.39, 0.29) is 0 Å². The molecule has 0 bridgehead atoms. The second kappa shape index (κ2) is 4.02. The van der Waals surface area contributed by atoms with Crippen molar-refractivity contribution in [1.82, 2.24) is 9.36 Å². The van der Waals surface area contributed by atoms with Crippen molar-refractivity contribution >= 4 is 16.7 Å². The van der Waals surface area contributed by atoms with E-state index in [4.69, 9.17) is 4.74 Å². The molecule has 0 aromatic carbocycles. The van der Waals surface area contributed by atoms with Gasteiger partial charge < -0.3 is 10.1 Å². The van der Waals surface area contributed by atoms with E-state index in [2.05, 4.69) is 14.7 Å². The predicted molar refractivity (Wildman–Crippen MR) is 52.1 cm³/mol. The molecule has 5 heteroatoms.